The number of thioether (sulfide) groups is 1. The molecule has 0 radical (unpaired) electrons. The van der Waals surface area contributed by atoms with Gasteiger partial charge in [0.15, 0.2) is 0 Å². The maximum atomic E-state index is 12.4. The Morgan fingerprint density at radius 3 is 2.90 bits per heavy atom. The van der Waals surface area contributed by atoms with Crippen LogP contribution in [0, 0.1) is 0 Å². The monoisotopic (exact) mass is 301 g/mol. The van der Waals surface area contributed by atoms with Crippen molar-refractivity contribution in [2.45, 2.75) is 37.4 Å². The Morgan fingerprint density at radius 1 is 1.50 bits per heavy atom. The van der Waals surface area contributed by atoms with Gasteiger partial charge in [0, 0.05) is 12.6 Å². The van der Waals surface area contributed by atoms with Crippen LogP contribution in [0.4, 0.5) is 0 Å². The van der Waals surface area contributed by atoms with Gasteiger partial charge in [-0.3, -0.25) is 9.59 Å². The normalized spacial score (nSPS) is 24.3. The van der Waals surface area contributed by atoms with E-state index < -0.39 is 12.1 Å². The van der Waals surface area contributed by atoms with Crippen LogP contribution in [-0.4, -0.2) is 66.6 Å². The number of hydrogen-bond donors (Lipinski definition) is 2. The molecule has 0 aromatic rings. The van der Waals surface area contributed by atoms with Crippen molar-refractivity contribution in [3.63, 3.8) is 0 Å². The van der Waals surface area contributed by atoms with E-state index in [1.807, 2.05) is 6.26 Å². The fourth-order valence-corrected chi connectivity index (χ4v) is 2.68. The van der Waals surface area contributed by atoms with Crippen LogP contribution in [0.25, 0.3) is 0 Å². The number of nitrogens with zero attached hydrogens (tertiary/aromatic N) is 1. The summed E-state index contributed by atoms with van der Waals surface area (Å²) in [6.45, 7) is 1.17. The predicted molar refractivity (Wildman–Crippen MR) is 78.5 cm³/mol. The topological polar surface area (TPSA) is 84.7 Å². The third-order valence-electron chi connectivity index (χ3n) is 3.59. The van der Waals surface area contributed by atoms with E-state index in [4.69, 9.17) is 10.5 Å². The van der Waals surface area contributed by atoms with E-state index in [0.29, 0.717) is 19.6 Å². The summed E-state index contributed by atoms with van der Waals surface area (Å²) in [5.41, 5.74) is 5.93. The Morgan fingerprint density at radius 2 is 2.25 bits per heavy atom. The zero-order valence-corrected chi connectivity index (χ0v) is 12.7. The molecular formula is C13H23N3O3S. The van der Waals surface area contributed by atoms with E-state index in [-0.39, 0.29) is 24.5 Å². The molecule has 6 nitrogen and oxygen atoms in total. The first-order valence-electron chi connectivity index (χ1n) is 7.06. The van der Waals surface area contributed by atoms with Crippen LogP contribution in [0.2, 0.25) is 0 Å². The van der Waals surface area contributed by atoms with E-state index in [0.717, 1.165) is 18.6 Å². The van der Waals surface area contributed by atoms with Crippen molar-refractivity contribution in [3.8, 4) is 0 Å². The molecule has 1 unspecified atom stereocenters. The Balaban J connectivity index is 1.94. The molecule has 1 saturated carbocycles. The van der Waals surface area contributed by atoms with Crippen molar-refractivity contribution in [1.82, 2.24) is 10.2 Å². The molecule has 20 heavy (non-hydrogen) atoms. The van der Waals surface area contributed by atoms with Gasteiger partial charge >= 0.3 is 0 Å². The maximum Gasteiger partial charge on any atom is 0.245 e. The zero-order valence-electron chi connectivity index (χ0n) is 11.8. The molecule has 2 aliphatic rings. The van der Waals surface area contributed by atoms with Gasteiger partial charge in [-0.1, -0.05) is 0 Å². The number of hydrogen-bond acceptors (Lipinski definition) is 5. The zero-order chi connectivity index (χ0) is 14.5. The number of rotatable bonds is 6. The van der Waals surface area contributed by atoms with Crippen LogP contribution < -0.4 is 11.1 Å². The second-order valence-corrected chi connectivity index (χ2v) is 6.28. The lowest BCUT2D eigenvalue weighted by atomic mass is 10.1. The Kier molecular flexibility index (Phi) is 5.68. The predicted octanol–water partition coefficient (Wildman–Crippen LogP) is -0.427. The number of nitrogens with two attached hydrogens (primary N) is 1. The van der Waals surface area contributed by atoms with Gasteiger partial charge in [-0.15, -0.1) is 0 Å². The van der Waals surface area contributed by atoms with E-state index in [1.165, 1.54) is 0 Å². The van der Waals surface area contributed by atoms with Crippen molar-refractivity contribution in [2.75, 3.05) is 31.8 Å². The first-order chi connectivity index (χ1) is 9.63. The molecule has 0 aromatic carbocycles. The summed E-state index contributed by atoms with van der Waals surface area (Å²) in [6, 6.07) is -0.777. The molecule has 1 heterocycles. The fraction of sp³-hybridized carbons (Fsp3) is 0.846. The summed E-state index contributed by atoms with van der Waals surface area (Å²) in [7, 11) is 0. The molecule has 2 atom stereocenters. The fourth-order valence-electron chi connectivity index (χ4n) is 2.19. The van der Waals surface area contributed by atoms with Crippen LogP contribution in [0.1, 0.15) is 19.3 Å². The second kappa shape index (κ2) is 7.28. The van der Waals surface area contributed by atoms with Crippen molar-refractivity contribution in [3.05, 3.63) is 0 Å². The van der Waals surface area contributed by atoms with Crippen LogP contribution in [-0.2, 0) is 14.3 Å². The van der Waals surface area contributed by atoms with Gasteiger partial charge in [0.1, 0.15) is 6.04 Å². The van der Waals surface area contributed by atoms with Gasteiger partial charge in [0.2, 0.25) is 11.8 Å². The van der Waals surface area contributed by atoms with Crippen molar-refractivity contribution >= 4 is 23.6 Å². The lowest BCUT2D eigenvalue weighted by Crippen LogP contribution is -2.59. The molecule has 2 amide bonds. The third-order valence-corrected chi connectivity index (χ3v) is 4.23. The first-order valence-corrected chi connectivity index (χ1v) is 8.46. The van der Waals surface area contributed by atoms with Gasteiger partial charge < -0.3 is 20.7 Å². The minimum atomic E-state index is -0.531. The molecule has 2 rings (SSSR count). The first kappa shape index (κ1) is 15.6. The number of carbonyl (C=O) groups is 2. The summed E-state index contributed by atoms with van der Waals surface area (Å²) in [6.07, 6.45) is 4.67. The molecule has 0 bridgehead atoms. The van der Waals surface area contributed by atoms with Crippen LogP contribution in [0.3, 0.4) is 0 Å². The van der Waals surface area contributed by atoms with Crippen LogP contribution in [0.5, 0.6) is 0 Å². The minimum Gasteiger partial charge on any atom is -0.377 e. The summed E-state index contributed by atoms with van der Waals surface area (Å²) >= 11 is 1.66. The quantitative estimate of drug-likeness (QED) is 0.695. The van der Waals surface area contributed by atoms with Crippen molar-refractivity contribution in [1.29, 1.82) is 0 Å². The molecule has 114 valence electrons. The van der Waals surface area contributed by atoms with Crippen molar-refractivity contribution < 1.29 is 14.3 Å². The number of morpholine rings is 1. The average Bonchev–Trinajstić information content (AvgIpc) is 3.27. The van der Waals surface area contributed by atoms with Gasteiger partial charge in [0.05, 0.1) is 19.3 Å². The molecule has 2 fully saturated rings. The highest BCUT2D eigenvalue weighted by Crippen LogP contribution is 2.20. The van der Waals surface area contributed by atoms with E-state index in [9.17, 15) is 9.59 Å². The average molecular weight is 301 g/mol. The smallest absolute Gasteiger partial charge is 0.245 e. The SMILES string of the molecule is CSCC[C@H](N)C(=O)N1CCOCC1C(=O)NC1CC1. The molecular weight excluding hydrogens is 278 g/mol. The molecule has 1 aliphatic heterocycles. The molecule has 0 aromatic heterocycles. The summed E-state index contributed by atoms with van der Waals surface area (Å²) in [5, 5.41) is 2.93. The number of amides is 2. The lowest BCUT2D eigenvalue weighted by Gasteiger charge is -2.36. The highest BCUT2D eigenvalue weighted by Gasteiger charge is 2.36. The van der Waals surface area contributed by atoms with E-state index in [1.54, 1.807) is 16.7 Å². The summed E-state index contributed by atoms with van der Waals surface area (Å²) < 4.78 is 5.35. The number of nitrogens with one attached hydrogen (secondary N) is 1. The standard InChI is InChI=1S/C13H23N3O3S/c1-20-7-4-10(14)13(18)16-5-6-19-8-11(16)12(17)15-9-2-3-9/h9-11H,2-8,14H2,1H3,(H,15,17)/t10-,11?/m0/s1. The molecule has 1 aliphatic carbocycles. The molecule has 3 N–H and O–H groups in total. The van der Waals surface area contributed by atoms with E-state index >= 15 is 0 Å². The lowest BCUT2D eigenvalue weighted by molar-refractivity contribution is -0.149. The van der Waals surface area contributed by atoms with Gasteiger partial charge in [-0.05, 0) is 31.3 Å². The second-order valence-electron chi connectivity index (χ2n) is 5.29. The van der Waals surface area contributed by atoms with Gasteiger partial charge in [-0.2, -0.15) is 11.8 Å². The maximum absolute atomic E-state index is 12.4. The minimum absolute atomic E-state index is 0.113. The largest absolute Gasteiger partial charge is 0.377 e. The molecule has 7 heteroatoms. The van der Waals surface area contributed by atoms with Crippen molar-refractivity contribution in [2.24, 2.45) is 5.73 Å². The third kappa shape index (κ3) is 4.10. The molecule has 1 saturated heterocycles. The van der Waals surface area contributed by atoms with E-state index in [2.05, 4.69) is 5.32 Å². The van der Waals surface area contributed by atoms with Crippen LogP contribution >= 0.6 is 11.8 Å². The number of ether oxygens (including phenoxy) is 1. The van der Waals surface area contributed by atoms with Gasteiger partial charge in [0.25, 0.3) is 0 Å². The Bertz CT molecular complexity index is 363. The molecule has 0 spiro atoms. The van der Waals surface area contributed by atoms with Gasteiger partial charge in [-0.25, -0.2) is 0 Å². The Labute approximate surface area is 123 Å². The Hall–Kier alpha value is -0.790. The number of carbonyl (C=O) groups excluding carboxylic acids is 2. The highest BCUT2D eigenvalue weighted by atomic mass is 32.2. The van der Waals surface area contributed by atoms with Crippen LogP contribution in [0.15, 0.2) is 0 Å². The highest BCUT2D eigenvalue weighted by molar-refractivity contribution is 7.98. The summed E-state index contributed by atoms with van der Waals surface area (Å²) in [4.78, 5) is 26.1. The summed E-state index contributed by atoms with van der Waals surface area (Å²) in [5.74, 6) is 0.590.